The predicted molar refractivity (Wildman–Crippen MR) is 111 cm³/mol. The molecule has 1 aliphatic rings. The Balaban J connectivity index is 2.15. The number of nitrogens with zero attached hydrogens (tertiary/aromatic N) is 2. The van der Waals surface area contributed by atoms with Crippen molar-refractivity contribution in [3.8, 4) is 0 Å². The summed E-state index contributed by atoms with van der Waals surface area (Å²) in [6, 6.07) is 4.54. The number of hydrogen-bond donors (Lipinski definition) is 1. The van der Waals surface area contributed by atoms with Gasteiger partial charge in [0, 0.05) is 23.4 Å². The Morgan fingerprint density at radius 2 is 1.89 bits per heavy atom. The normalized spacial score (nSPS) is 19.5. The molecule has 0 saturated carbocycles. The summed E-state index contributed by atoms with van der Waals surface area (Å²) in [6.07, 6.45) is 0. The monoisotopic (exact) mass is 411 g/mol. The van der Waals surface area contributed by atoms with Crippen molar-refractivity contribution in [2.75, 3.05) is 26.2 Å². The number of hydrogen-bond acceptors (Lipinski definition) is 5. The minimum atomic E-state index is -0.719. The highest BCUT2D eigenvalue weighted by Crippen LogP contribution is 2.36. The van der Waals surface area contributed by atoms with Crippen molar-refractivity contribution in [1.29, 1.82) is 0 Å². The van der Waals surface area contributed by atoms with E-state index in [1.54, 1.807) is 4.90 Å². The fourth-order valence-electron chi connectivity index (χ4n) is 2.92. The van der Waals surface area contributed by atoms with E-state index in [0.29, 0.717) is 16.4 Å². The minimum Gasteiger partial charge on any atom is -0.339 e. The summed E-state index contributed by atoms with van der Waals surface area (Å²) in [5.41, 5.74) is 0.313. The first kappa shape index (κ1) is 21.8. The Morgan fingerprint density at radius 3 is 2.44 bits per heavy atom. The van der Waals surface area contributed by atoms with Crippen LogP contribution in [-0.2, 0) is 4.79 Å². The summed E-state index contributed by atoms with van der Waals surface area (Å²) >= 11 is 6.86. The first-order chi connectivity index (χ1) is 12.7. The molecule has 0 spiro atoms. The van der Waals surface area contributed by atoms with Crippen LogP contribution in [0, 0.1) is 5.82 Å². The SMILES string of the molecule is CCN(CC)CCN1C(=O)C(NC(=O)c2ccc(F)cc2)C(C)(C)SC1=S. The number of thioether (sulfide) groups is 1. The second-order valence-electron chi connectivity index (χ2n) is 6.90. The highest BCUT2D eigenvalue weighted by Gasteiger charge is 2.46. The smallest absolute Gasteiger partial charge is 0.252 e. The summed E-state index contributed by atoms with van der Waals surface area (Å²) in [5.74, 6) is -1.02. The first-order valence-corrected chi connectivity index (χ1v) is 10.2. The molecule has 5 nitrogen and oxygen atoms in total. The topological polar surface area (TPSA) is 52.6 Å². The van der Waals surface area contributed by atoms with E-state index in [-0.39, 0.29) is 5.91 Å². The maximum Gasteiger partial charge on any atom is 0.252 e. The minimum absolute atomic E-state index is 0.202. The van der Waals surface area contributed by atoms with Crippen molar-refractivity contribution in [2.24, 2.45) is 0 Å². The lowest BCUT2D eigenvalue weighted by Gasteiger charge is -2.43. The third kappa shape index (κ3) is 5.27. The quantitative estimate of drug-likeness (QED) is 0.699. The number of amides is 2. The Labute approximate surface area is 169 Å². The summed E-state index contributed by atoms with van der Waals surface area (Å²) in [4.78, 5) is 29.4. The van der Waals surface area contributed by atoms with Crippen LogP contribution in [0.2, 0.25) is 0 Å². The molecular weight excluding hydrogens is 385 g/mol. The van der Waals surface area contributed by atoms with Crippen LogP contribution in [0.15, 0.2) is 24.3 Å². The summed E-state index contributed by atoms with van der Waals surface area (Å²) in [5, 5.41) is 2.81. The number of carbonyl (C=O) groups excluding carboxylic acids is 2. The fraction of sp³-hybridized carbons (Fsp3) is 0.526. The van der Waals surface area contributed by atoms with E-state index in [1.807, 2.05) is 13.8 Å². The Bertz CT molecular complexity index is 705. The van der Waals surface area contributed by atoms with Crippen molar-refractivity contribution < 1.29 is 14.0 Å². The van der Waals surface area contributed by atoms with E-state index >= 15 is 0 Å². The van der Waals surface area contributed by atoms with Crippen molar-refractivity contribution in [3.05, 3.63) is 35.6 Å². The molecule has 1 unspecified atom stereocenters. The molecule has 0 aromatic heterocycles. The van der Waals surface area contributed by atoms with Crippen LogP contribution in [0.5, 0.6) is 0 Å². The lowest BCUT2D eigenvalue weighted by Crippen LogP contribution is -2.62. The van der Waals surface area contributed by atoms with Gasteiger partial charge in [-0.2, -0.15) is 0 Å². The predicted octanol–water partition coefficient (Wildman–Crippen LogP) is 2.90. The van der Waals surface area contributed by atoms with Gasteiger partial charge in [0.05, 0.1) is 0 Å². The molecule has 1 atom stereocenters. The van der Waals surface area contributed by atoms with Crippen LogP contribution in [-0.4, -0.2) is 62.9 Å². The van der Waals surface area contributed by atoms with E-state index in [1.165, 1.54) is 36.0 Å². The number of rotatable bonds is 7. The largest absolute Gasteiger partial charge is 0.339 e. The van der Waals surface area contributed by atoms with Gasteiger partial charge in [0.2, 0.25) is 0 Å². The van der Waals surface area contributed by atoms with Gasteiger partial charge in [-0.25, -0.2) is 4.39 Å². The number of nitrogens with one attached hydrogen (secondary N) is 1. The van der Waals surface area contributed by atoms with E-state index in [0.717, 1.165) is 19.6 Å². The Morgan fingerprint density at radius 1 is 1.30 bits per heavy atom. The van der Waals surface area contributed by atoms with Gasteiger partial charge in [-0.3, -0.25) is 14.5 Å². The number of carbonyl (C=O) groups is 2. The lowest BCUT2D eigenvalue weighted by atomic mass is 10.0. The standard InChI is InChI=1S/C19H26FN3O2S2/c1-5-22(6-2)11-12-23-17(25)15(19(3,4)27-18(23)26)21-16(24)13-7-9-14(20)10-8-13/h7-10,15H,5-6,11-12H2,1-4H3,(H,21,24). The van der Waals surface area contributed by atoms with Crippen LogP contribution in [0.1, 0.15) is 38.1 Å². The third-order valence-electron chi connectivity index (χ3n) is 4.70. The molecule has 1 aromatic carbocycles. The van der Waals surface area contributed by atoms with Crippen molar-refractivity contribution in [1.82, 2.24) is 15.1 Å². The third-order valence-corrected chi connectivity index (χ3v) is 6.32. The molecule has 1 heterocycles. The maximum absolute atomic E-state index is 13.1. The van der Waals surface area contributed by atoms with Crippen molar-refractivity contribution in [3.63, 3.8) is 0 Å². The zero-order chi connectivity index (χ0) is 20.2. The molecule has 0 bridgehead atoms. The van der Waals surface area contributed by atoms with E-state index < -0.39 is 22.5 Å². The van der Waals surface area contributed by atoms with E-state index in [2.05, 4.69) is 24.1 Å². The van der Waals surface area contributed by atoms with Gasteiger partial charge < -0.3 is 10.2 Å². The number of benzene rings is 1. The number of thiocarbonyl (C=S) groups is 1. The second-order valence-corrected chi connectivity index (χ2v) is 9.19. The summed E-state index contributed by atoms with van der Waals surface area (Å²) < 4.78 is 13.0. The van der Waals surface area contributed by atoms with Crippen LogP contribution in [0.25, 0.3) is 0 Å². The van der Waals surface area contributed by atoms with E-state index in [9.17, 15) is 14.0 Å². The molecule has 1 N–H and O–H groups in total. The Kier molecular flexibility index (Phi) is 7.36. The molecule has 1 aliphatic heterocycles. The zero-order valence-corrected chi connectivity index (χ0v) is 17.8. The molecule has 8 heteroatoms. The average Bonchev–Trinajstić information content (AvgIpc) is 2.61. The van der Waals surface area contributed by atoms with Crippen LogP contribution < -0.4 is 5.32 Å². The molecule has 2 rings (SSSR count). The van der Waals surface area contributed by atoms with Gasteiger partial charge >= 0.3 is 0 Å². The van der Waals surface area contributed by atoms with E-state index in [4.69, 9.17) is 12.2 Å². The van der Waals surface area contributed by atoms with Gasteiger partial charge in [0.15, 0.2) is 0 Å². The lowest BCUT2D eigenvalue weighted by molar-refractivity contribution is -0.130. The highest BCUT2D eigenvalue weighted by atomic mass is 32.2. The van der Waals surface area contributed by atoms with Gasteiger partial charge in [0.1, 0.15) is 16.2 Å². The fourth-order valence-corrected chi connectivity index (χ4v) is 4.76. The molecule has 148 valence electrons. The molecular formula is C19H26FN3O2S2. The molecule has 1 fully saturated rings. The average molecular weight is 412 g/mol. The molecule has 0 aliphatic carbocycles. The maximum atomic E-state index is 13.1. The van der Waals surface area contributed by atoms with Crippen LogP contribution in [0.4, 0.5) is 4.39 Å². The molecule has 1 saturated heterocycles. The van der Waals surface area contributed by atoms with Crippen LogP contribution >= 0.6 is 24.0 Å². The zero-order valence-electron chi connectivity index (χ0n) is 16.1. The second kappa shape index (κ2) is 9.12. The van der Waals surface area contributed by atoms with Crippen molar-refractivity contribution >= 4 is 40.1 Å². The van der Waals surface area contributed by atoms with Gasteiger partial charge in [-0.05, 0) is 51.2 Å². The van der Waals surface area contributed by atoms with Gasteiger partial charge in [0.25, 0.3) is 11.8 Å². The molecule has 1 aromatic rings. The Hall–Kier alpha value is -1.51. The summed E-state index contributed by atoms with van der Waals surface area (Å²) in [6.45, 7) is 10.9. The summed E-state index contributed by atoms with van der Waals surface area (Å²) in [7, 11) is 0. The number of likely N-dealkylation sites (N-methyl/N-ethyl adjacent to an activating group) is 1. The first-order valence-electron chi connectivity index (χ1n) is 9.02. The molecule has 0 radical (unpaired) electrons. The van der Waals surface area contributed by atoms with Crippen molar-refractivity contribution in [2.45, 2.75) is 38.5 Å². The molecule has 2 amide bonds. The van der Waals surface area contributed by atoms with Gasteiger partial charge in [-0.1, -0.05) is 37.8 Å². The highest BCUT2D eigenvalue weighted by molar-refractivity contribution is 8.24. The number of halogens is 1. The molecule has 27 heavy (non-hydrogen) atoms. The van der Waals surface area contributed by atoms with Crippen LogP contribution in [0.3, 0.4) is 0 Å². The van der Waals surface area contributed by atoms with Gasteiger partial charge in [-0.15, -0.1) is 0 Å².